The van der Waals surface area contributed by atoms with Crippen LogP contribution in [0.3, 0.4) is 0 Å². The summed E-state index contributed by atoms with van der Waals surface area (Å²) in [5, 5.41) is 0.498. The van der Waals surface area contributed by atoms with Gasteiger partial charge in [-0.1, -0.05) is 53.2 Å². The number of para-hydroxylation sites is 1. The van der Waals surface area contributed by atoms with E-state index < -0.39 is 9.84 Å². The molecule has 0 aliphatic rings. The number of rotatable bonds is 8. The lowest BCUT2D eigenvalue weighted by Crippen LogP contribution is -2.38. The number of halogens is 1. The highest BCUT2D eigenvalue weighted by molar-refractivity contribution is 9.10. The number of fused-ring (bicyclic) bond motifs is 1. The largest absolute Gasteiger partial charge is 0.302 e. The summed E-state index contributed by atoms with van der Waals surface area (Å²) in [6, 6.07) is 12.3. The summed E-state index contributed by atoms with van der Waals surface area (Å²) in [5.74, 6) is -0.164. The van der Waals surface area contributed by atoms with Gasteiger partial charge in [0.05, 0.1) is 9.60 Å². The average Bonchev–Trinajstić information content (AvgIpc) is 3.14. The van der Waals surface area contributed by atoms with E-state index in [1.165, 1.54) is 17.6 Å². The molecule has 0 fully saturated rings. The second-order valence-corrected chi connectivity index (χ2v) is 10.8. The Morgan fingerprint density at radius 2 is 1.80 bits per heavy atom. The van der Waals surface area contributed by atoms with Crippen molar-refractivity contribution in [1.29, 1.82) is 0 Å². The zero-order valence-corrected chi connectivity index (χ0v) is 20.3. The third-order valence-corrected chi connectivity index (χ3v) is 7.52. The number of carbonyl (C=O) groups is 1. The monoisotopic (exact) mass is 509 g/mol. The Labute approximate surface area is 189 Å². The molecule has 0 radical (unpaired) electrons. The molecule has 0 saturated heterocycles. The summed E-state index contributed by atoms with van der Waals surface area (Å²) in [6.45, 7) is 7.09. The van der Waals surface area contributed by atoms with E-state index in [9.17, 15) is 13.2 Å². The molecule has 1 amide bonds. The summed E-state index contributed by atoms with van der Waals surface area (Å²) in [4.78, 5) is 22.0. The number of likely N-dealkylation sites (N-methyl/N-ethyl adjacent to an activating group) is 1. The van der Waals surface area contributed by atoms with Gasteiger partial charge in [0, 0.05) is 29.4 Å². The molecule has 0 saturated carbocycles. The molecule has 0 spiro atoms. The number of hydrogen-bond acceptors (Lipinski definition) is 6. The smallest absolute Gasteiger partial charge is 0.260 e. The van der Waals surface area contributed by atoms with Gasteiger partial charge in [0.2, 0.25) is 0 Å². The van der Waals surface area contributed by atoms with E-state index in [4.69, 9.17) is 0 Å². The van der Waals surface area contributed by atoms with Crippen LogP contribution in [0.2, 0.25) is 0 Å². The van der Waals surface area contributed by atoms with Crippen molar-refractivity contribution in [2.75, 3.05) is 37.3 Å². The van der Waals surface area contributed by atoms with E-state index >= 15 is 0 Å². The molecule has 0 atom stereocenters. The molecule has 0 aliphatic heterocycles. The van der Waals surface area contributed by atoms with E-state index in [0.717, 1.165) is 22.3 Å². The zero-order valence-electron chi connectivity index (χ0n) is 17.1. The van der Waals surface area contributed by atoms with Crippen LogP contribution >= 0.6 is 27.3 Å². The van der Waals surface area contributed by atoms with E-state index in [1.807, 2.05) is 18.2 Å². The molecule has 0 bridgehead atoms. The molecule has 0 aliphatic carbocycles. The van der Waals surface area contributed by atoms with Gasteiger partial charge in [-0.15, -0.1) is 0 Å². The Bertz CT molecular complexity index is 1160. The van der Waals surface area contributed by atoms with Crippen LogP contribution in [-0.4, -0.2) is 56.6 Å². The summed E-state index contributed by atoms with van der Waals surface area (Å²) in [7, 11) is -3.43. The Morgan fingerprint density at radius 1 is 1.10 bits per heavy atom. The summed E-state index contributed by atoms with van der Waals surface area (Å²) >= 11 is 4.75. The van der Waals surface area contributed by atoms with Crippen molar-refractivity contribution in [3.63, 3.8) is 0 Å². The summed E-state index contributed by atoms with van der Waals surface area (Å²) in [5.41, 5.74) is 0.960. The van der Waals surface area contributed by atoms with Gasteiger partial charge in [0.15, 0.2) is 15.0 Å². The van der Waals surface area contributed by atoms with Gasteiger partial charge in [0.25, 0.3) is 5.91 Å². The van der Waals surface area contributed by atoms with Gasteiger partial charge in [-0.3, -0.25) is 9.69 Å². The van der Waals surface area contributed by atoms with Crippen LogP contribution in [0.25, 0.3) is 10.2 Å². The Hall–Kier alpha value is -1.81. The first kappa shape index (κ1) is 22.9. The number of benzene rings is 2. The quantitative estimate of drug-likeness (QED) is 0.448. The molecule has 30 heavy (non-hydrogen) atoms. The molecule has 6 nitrogen and oxygen atoms in total. The van der Waals surface area contributed by atoms with Gasteiger partial charge < -0.3 is 4.90 Å². The molecule has 2 aromatic carbocycles. The molecule has 3 aromatic rings. The van der Waals surface area contributed by atoms with Crippen LogP contribution in [0.4, 0.5) is 5.13 Å². The first-order valence-electron chi connectivity index (χ1n) is 9.64. The van der Waals surface area contributed by atoms with E-state index in [1.54, 1.807) is 29.2 Å². The maximum absolute atomic E-state index is 13.4. The molecule has 3 rings (SSSR count). The summed E-state index contributed by atoms with van der Waals surface area (Å²) < 4.78 is 25.9. The molecular weight excluding hydrogens is 486 g/mol. The topological polar surface area (TPSA) is 70.6 Å². The molecular formula is C21H24BrN3O3S2. The molecule has 0 unspecified atom stereocenters. The predicted molar refractivity (Wildman–Crippen MR) is 126 cm³/mol. The Balaban J connectivity index is 2.06. The lowest BCUT2D eigenvalue weighted by molar-refractivity contribution is 0.0983. The first-order valence-corrected chi connectivity index (χ1v) is 13.1. The van der Waals surface area contributed by atoms with Crippen molar-refractivity contribution in [3.05, 3.63) is 52.5 Å². The van der Waals surface area contributed by atoms with Gasteiger partial charge in [0.1, 0.15) is 5.52 Å². The maximum Gasteiger partial charge on any atom is 0.260 e. The third kappa shape index (κ3) is 5.08. The SMILES string of the molecule is CCN(CC)CCN(C(=O)c1cccc(Br)c1)c1nc2c(S(C)(=O)=O)cccc2s1. The van der Waals surface area contributed by atoms with Crippen molar-refractivity contribution in [3.8, 4) is 0 Å². The van der Waals surface area contributed by atoms with Gasteiger partial charge in [-0.25, -0.2) is 13.4 Å². The van der Waals surface area contributed by atoms with Crippen molar-refractivity contribution in [1.82, 2.24) is 9.88 Å². The molecule has 0 N–H and O–H groups in total. The van der Waals surface area contributed by atoms with Crippen molar-refractivity contribution < 1.29 is 13.2 Å². The highest BCUT2D eigenvalue weighted by atomic mass is 79.9. The second kappa shape index (κ2) is 9.55. The van der Waals surface area contributed by atoms with Crippen LogP contribution in [0.5, 0.6) is 0 Å². The normalized spacial score (nSPS) is 11.9. The summed E-state index contributed by atoms with van der Waals surface area (Å²) in [6.07, 6.45) is 1.17. The highest BCUT2D eigenvalue weighted by Crippen LogP contribution is 2.33. The first-order chi connectivity index (χ1) is 14.2. The molecule has 160 valence electrons. The average molecular weight is 510 g/mol. The number of aromatic nitrogens is 1. The fourth-order valence-corrected chi connectivity index (χ4v) is 5.48. The number of thiazole rings is 1. The predicted octanol–water partition coefficient (Wildman–Crippen LogP) is 4.45. The molecule has 9 heteroatoms. The Morgan fingerprint density at radius 3 is 2.43 bits per heavy atom. The van der Waals surface area contributed by atoms with Crippen LogP contribution in [0, 0.1) is 0 Å². The number of amides is 1. The molecule has 1 heterocycles. The van der Waals surface area contributed by atoms with Crippen LogP contribution < -0.4 is 4.90 Å². The number of nitrogens with zero attached hydrogens (tertiary/aromatic N) is 3. The van der Waals surface area contributed by atoms with Gasteiger partial charge in [-0.2, -0.15) is 0 Å². The van der Waals surface area contributed by atoms with Crippen LogP contribution in [0.1, 0.15) is 24.2 Å². The number of anilines is 1. The van der Waals surface area contributed by atoms with Crippen molar-refractivity contribution in [2.24, 2.45) is 0 Å². The van der Waals surface area contributed by atoms with E-state index in [0.29, 0.717) is 29.3 Å². The second-order valence-electron chi connectivity index (χ2n) is 6.87. The van der Waals surface area contributed by atoms with Crippen LogP contribution in [-0.2, 0) is 9.84 Å². The van der Waals surface area contributed by atoms with E-state index in [-0.39, 0.29) is 10.8 Å². The minimum atomic E-state index is -3.43. The zero-order chi connectivity index (χ0) is 21.9. The third-order valence-electron chi connectivity index (χ3n) is 4.85. The minimum absolute atomic E-state index is 0.164. The van der Waals surface area contributed by atoms with E-state index in [2.05, 4.69) is 39.7 Å². The number of carbonyl (C=O) groups excluding carboxylic acids is 1. The standard InChI is InChI=1S/C21H24BrN3O3S2/c1-4-24(5-2)12-13-25(20(26)15-8-6-9-16(22)14-15)21-23-19-17(29-21)10-7-11-18(19)30(3,27)28/h6-11,14H,4-5,12-13H2,1-3H3. The van der Waals surface area contributed by atoms with Gasteiger partial charge in [-0.05, 0) is 43.4 Å². The lowest BCUT2D eigenvalue weighted by atomic mass is 10.2. The molecule has 1 aromatic heterocycles. The van der Waals surface area contributed by atoms with Gasteiger partial charge >= 0.3 is 0 Å². The number of sulfone groups is 1. The lowest BCUT2D eigenvalue weighted by Gasteiger charge is -2.24. The Kier molecular flexibility index (Phi) is 7.28. The highest BCUT2D eigenvalue weighted by Gasteiger charge is 2.24. The van der Waals surface area contributed by atoms with Crippen molar-refractivity contribution in [2.45, 2.75) is 18.7 Å². The fourth-order valence-electron chi connectivity index (χ4n) is 3.17. The van der Waals surface area contributed by atoms with Crippen molar-refractivity contribution >= 4 is 58.4 Å². The number of hydrogen-bond donors (Lipinski definition) is 0. The fraction of sp³-hybridized carbons (Fsp3) is 0.333. The maximum atomic E-state index is 13.4. The minimum Gasteiger partial charge on any atom is -0.302 e. The van der Waals surface area contributed by atoms with Crippen LogP contribution in [0.15, 0.2) is 51.8 Å².